The first-order valence-corrected chi connectivity index (χ1v) is 9.18. The Labute approximate surface area is 156 Å². The molecule has 1 aliphatic rings. The first-order valence-electron chi connectivity index (χ1n) is 9.18. The number of aromatic nitrogens is 5. The number of rotatable bonds is 7. The Bertz CT molecular complexity index is 966. The van der Waals surface area contributed by atoms with Crippen LogP contribution in [-0.2, 0) is 13.0 Å². The van der Waals surface area contributed by atoms with Gasteiger partial charge < -0.3 is 14.4 Å². The first-order chi connectivity index (χ1) is 13.1. The molecule has 27 heavy (non-hydrogen) atoms. The van der Waals surface area contributed by atoms with Crippen LogP contribution in [0.3, 0.4) is 0 Å². The molecule has 1 amide bonds. The number of nitrogens with zero attached hydrogens (tertiary/aromatic N) is 5. The summed E-state index contributed by atoms with van der Waals surface area (Å²) in [6.07, 6.45) is 2.74. The van der Waals surface area contributed by atoms with E-state index in [1.807, 2.05) is 25.5 Å². The Kier molecular flexibility index (Phi) is 4.51. The Morgan fingerprint density at radius 2 is 2.11 bits per heavy atom. The fraction of sp³-hybridized carbons (Fsp3) is 0.500. The van der Waals surface area contributed by atoms with Gasteiger partial charge in [0.2, 0.25) is 5.89 Å². The summed E-state index contributed by atoms with van der Waals surface area (Å²) in [7, 11) is 0. The van der Waals surface area contributed by atoms with Crippen LogP contribution in [0.5, 0.6) is 0 Å². The molecule has 0 unspecified atom stereocenters. The summed E-state index contributed by atoms with van der Waals surface area (Å²) >= 11 is 0. The standard InChI is InChI=1S/C18H22N6O3/c1-4-24-11(3)16(10(2)21-24)14-9-13(22-26-14)17(25)19-8-7-15-20-18(27-23-15)12-5-6-12/h9,12H,4-8H2,1-3H3,(H,19,25). The highest BCUT2D eigenvalue weighted by Crippen LogP contribution is 2.38. The highest BCUT2D eigenvalue weighted by molar-refractivity contribution is 5.93. The van der Waals surface area contributed by atoms with E-state index in [0.29, 0.717) is 36.4 Å². The van der Waals surface area contributed by atoms with Gasteiger partial charge in [0.05, 0.1) is 11.3 Å². The lowest BCUT2D eigenvalue weighted by atomic mass is 10.1. The molecule has 1 N–H and O–H groups in total. The van der Waals surface area contributed by atoms with E-state index in [0.717, 1.165) is 36.3 Å². The topological polar surface area (TPSA) is 112 Å². The zero-order valence-corrected chi connectivity index (χ0v) is 15.7. The van der Waals surface area contributed by atoms with E-state index in [2.05, 4.69) is 25.7 Å². The molecule has 9 heteroatoms. The number of hydrogen-bond donors (Lipinski definition) is 1. The van der Waals surface area contributed by atoms with Crippen molar-refractivity contribution in [2.24, 2.45) is 0 Å². The minimum atomic E-state index is -0.297. The monoisotopic (exact) mass is 370 g/mol. The number of nitrogens with one attached hydrogen (secondary N) is 1. The van der Waals surface area contributed by atoms with E-state index < -0.39 is 0 Å². The SMILES string of the molecule is CCn1nc(C)c(-c2cc(C(=O)NCCc3noc(C4CC4)n3)no2)c1C. The molecule has 142 valence electrons. The van der Waals surface area contributed by atoms with Crippen molar-refractivity contribution in [1.29, 1.82) is 0 Å². The molecule has 0 spiro atoms. The van der Waals surface area contributed by atoms with E-state index >= 15 is 0 Å². The van der Waals surface area contributed by atoms with Gasteiger partial charge in [-0.3, -0.25) is 9.48 Å². The molecule has 0 aromatic carbocycles. The van der Waals surface area contributed by atoms with Crippen molar-refractivity contribution in [1.82, 2.24) is 30.4 Å². The van der Waals surface area contributed by atoms with Gasteiger partial charge in [-0.2, -0.15) is 10.1 Å². The van der Waals surface area contributed by atoms with E-state index in [1.54, 1.807) is 6.07 Å². The van der Waals surface area contributed by atoms with E-state index in [1.165, 1.54) is 0 Å². The van der Waals surface area contributed by atoms with Crippen LogP contribution in [0.4, 0.5) is 0 Å². The van der Waals surface area contributed by atoms with Gasteiger partial charge in [-0.05, 0) is 33.6 Å². The van der Waals surface area contributed by atoms with Gasteiger partial charge >= 0.3 is 0 Å². The summed E-state index contributed by atoms with van der Waals surface area (Å²) in [5.74, 6) is 1.99. The predicted molar refractivity (Wildman–Crippen MR) is 95.2 cm³/mol. The van der Waals surface area contributed by atoms with Gasteiger partial charge in [-0.25, -0.2) is 0 Å². The molecule has 9 nitrogen and oxygen atoms in total. The third kappa shape index (κ3) is 3.49. The molecule has 0 bridgehead atoms. The Balaban J connectivity index is 1.37. The van der Waals surface area contributed by atoms with Crippen LogP contribution in [-0.4, -0.2) is 37.5 Å². The van der Waals surface area contributed by atoms with Crippen LogP contribution in [0.1, 0.15) is 59.3 Å². The summed E-state index contributed by atoms with van der Waals surface area (Å²) in [4.78, 5) is 16.7. The second-order valence-corrected chi connectivity index (χ2v) is 6.77. The van der Waals surface area contributed by atoms with Crippen molar-refractivity contribution < 1.29 is 13.8 Å². The number of amides is 1. The van der Waals surface area contributed by atoms with Gasteiger partial charge in [0.1, 0.15) is 0 Å². The molecular weight excluding hydrogens is 348 g/mol. The van der Waals surface area contributed by atoms with Crippen molar-refractivity contribution in [2.45, 2.75) is 52.5 Å². The summed E-state index contributed by atoms with van der Waals surface area (Å²) in [6.45, 7) is 7.09. The summed E-state index contributed by atoms with van der Waals surface area (Å²) in [5.41, 5.74) is 2.95. The maximum absolute atomic E-state index is 12.3. The fourth-order valence-electron chi connectivity index (χ4n) is 3.10. The Morgan fingerprint density at radius 1 is 1.30 bits per heavy atom. The molecule has 1 fully saturated rings. The average molecular weight is 370 g/mol. The van der Waals surface area contributed by atoms with Crippen molar-refractivity contribution in [3.8, 4) is 11.3 Å². The number of aryl methyl sites for hydroxylation is 2. The van der Waals surface area contributed by atoms with Crippen LogP contribution in [0.15, 0.2) is 15.1 Å². The van der Waals surface area contributed by atoms with Crippen LogP contribution in [0, 0.1) is 13.8 Å². The zero-order chi connectivity index (χ0) is 19.0. The molecule has 3 heterocycles. The maximum atomic E-state index is 12.3. The van der Waals surface area contributed by atoms with Gasteiger partial charge in [0.25, 0.3) is 5.91 Å². The van der Waals surface area contributed by atoms with Crippen LogP contribution < -0.4 is 5.32 Å². The Hall–Kier alpha value is -2.97. The quantitative estimate of drug-likeness (QED) is 0.679. The number of hydrogen-bond acceptors (Lipinski definition) is 7. The first kappa shape index (κ1) is 17.4. The van der Waals surface area contributed by atoms with Gasteiger partial charge in [-0.1, -0.05) is 10.3 Å². The minimum Gasteiger partial charge on any atom is -0.355 e. The number of carbonyl (C=O) groups is 1. The second-order valence-electron chi connectivity index (χ2n) is 6.77. The summed E-state index contributed by atoms with van der Waals surface area (Å²) in [5, 5.41) is 15.1. The highest BCUT2D eigenvalue weighted by Gasteiger charge is 2.29. The van der Waals surface area contributed by atoms with E-state index in [4.69, 9.17) is 9.05 Å². The van der Waals surface area contributed by atoms with E-state index in [9.17, 15) is 4.79 Å². The summed E-state index contributed by atoms with van der Waals surface area (Å²) in [6, 6.07) is 1.64. The number of carbonyl (C=O) groups excluding carboxylic acids is 1. The molecule has 3 aromatic rings. The van der Waals surface area contributed by atoms with Crippen LogP contribution >= 0.6 is 0 Å². The molecule has 1 saturated carbocycles. The smallest absolute Gasteiger partial charge is 0.273 e. The highest BCUT2D eigenvalue weighted by atomic mass is 16.5. The van der Waals surface area contributed by atoms with Gasteiger partial charge in [-0.15, -0.1) is 0 Å². The molecule has 0 saturated heterocycles. The minimum absolute atomic E-state index is 0.236. The van der Waals surface area contributed by atoms with Crippen LogP contribution in [0.25, 0.3) is 11.3 Å². The van der Waals surface area contributed by atoms with Crippen molar-refractivity contribution >= 4 is 5.91 Å². The lowest BCUT2D eigenvalue weighted by molar-refractivity contribution is 0.0945. The molecule has 0 atom stereocenters. The van der Waals surface area contributed by atoms with Gasteiger partial charge in [0.15, 0.2) is 17.3 Å². The fourth-order valence-corrected chi connectivity index (χ4v) is 3.10. The molecule has 4 rings (SSSR count). The molecule has 3 aromatic heterocycles. The molecular formula is C18H22N6O3. The second kappa shape index (κ2) is 6.98. The van der Waals surface area contributed by atoms with E-state index in [-0.39, 0.29) is 11.6 Å². The van der Waals surface area contributed by atoms with Crippen LogP contribution in [0.2, 0.25) is 0 Å². The normalized spacial score (nSPS) is 13.9. The molecule has 1 aliphatic carbocycles. The van der Waals surface area contributed by atoms with Crippen molar-refractivity contribution in [3.63, 3.8) is 0 Å². The molecule has 0 aliphatic heterocycles. The van der Waals surface area contributed by atoms with Crippen molar-refractivity contribution in [2.75, 3.05) is 6.54 Å². The zero-order valence-electron chi connectivity index (χ0n) is 15.7. The Morgan fingerprint density at radius 3 is 2.81 bits per heavy atom. The predicted octanol–water partition coefficient (Wildman–Crippen LogP) is 2.41. The van der Waals surface area contributed by atoms with Gasteiger partial charge in [0, 0.05) is 37.2 Å². The third-order valence-electron chi connectivity index (χ3n) is 4.71. The lowest BCUT2D eigenvalue weighted by Gasteiger charge is -1.99. The largest absolute Gasteiger partial charge is 0.355 e. The summed E-state index contributed by atoms with van der Waals surface area (Å²) < 4.78 is 12.5. The van der Waals surface area contributed by atoms with Crippen molar-refractivity contribution in [3.05, 3.63) is 34.9 Å². The third-order valence-corrected chi connectivity index (χ3v) is 4.71. The molecule has 0 radical (unpaired) electrons. The average Bonchev–Trinajstić information content (AvgIpc) is 3.08. The maximum Gasteiger partial charge on any atom is 0.273 e. The lowest BCUT2D eigenvalue weighted by Crippen LogP contribution is -2.26.